The van der Waals surface area contributed by atoms with Gasteiger partial charge in [0, 0.05) is 19.3 Å². The van der Waals surface area contributed by atoms with Crippen LogP contribution in [0.4, 0.5) is 0 Å². The second-order valence-corrected chi connectivity index (χ2v) is 6.29. The van der Waals surface area contributed by atoms with Crippen LogP contribution in [0.1, 0.15) is 33.6 Å². The van der Waals surface area contributed by atoms with E-state index >= 15 is 0 Å². The van der Waals surface area contributed by atoms with E-state index in [1.165, 1.54) is 6.92 Å². The number of aliphatic hydroxyl groups is 2. The minimum absolute atomic E-state index is 0.0673. The number of hydrogen-bond donors (Lipinski definition) is 2. The summed E-state index contributed by atoms with van der Waals surface area (Å²) in [6, 6.07) is 0. The van der Waals surface area contributed by atoms with Gasteiger partial charge in [0.1, 0.15) is 12.2 Å². The predicted molar refractivity (Wildman–Crippen MR) is 82.3 cm³/mol. The molecule has 0 radical (unpaired) electrons. The van der Waals surface area contributed by atoms with Gasteiger partial charge < -0.3 is 19.7 Å². The topological polar surface area (TPSA) is 93.1 Å². The van der Waals surface area contributed by atoms with E-state index in [1.54, 1.807) is 13.0 Å². The van der Waals surface area contributed by atoms with E-state index in [0.29, 0.717) is 12.0 Å². The molecule has 2 aliphatic rings. The molecule has 6 nitrogen and oxygen atoms in total. The van der Waals surface area contributed by atoms with E-state index in [1.807, 2.05) is 13.0 Å². The molecule has 1 aliphatic carbocycles. The number of rotatable bonds is 2. The number of carbonyl (C=O) groups is 2. The molecule has 2 rings (SSSR count). The number of fused-ring (bicyclic) bond motifs is 1. The summed E-state index contributed by atoms with van der Waals surface area (Å²) in [5, 5.41) is 19.9. The van der Waals surface area contributed by atoms with Gasteiger partial charge in [0.2, 0.25) is 0 Å². The van der Waals surface area contributed by atoms with Crippen LogP contribution in [0.3, 0.4) is 0 Å². The lowest BCUT2D eigenvalue weighted by molar-refractivity contribution is -0.146. The maximum absolute atomic E-state index is 11.9. The molecule has 1 aliphatic heterocycles. The van der Waals surface area contributed by atoms with Gasteiger partial charge in [-0.15, -0.1) is 0 Å². The fourth-order valence-electron chi connectivity index (χ4n) is 3.08. The molecule has 0 amide bonds. The Morgan fingerprint density at radius 1 is 1.48 bits per heavy atom. The van der Waals surface area contributed by atoms with E-state index in [4.69, 9.17) is 9.47 Å². The van der Waals surface area contributed by atoms with Crippen LogP contribution in [0.5, 0.6) is 0 Å². The van der Waals surface area contributed by atoms with Crippen LogP contribution in [0.2, 0.25) is 0 Å². The van der Waals surface area contributed by atoms with Crippen molar-refractivity contribution in [3.05, 3.63) is 23.3 Å². The molecule has 0 aromatic heterocycles. The van der Waals surface area contributed by atoms with Crippen molar-refractivity contribution in [1.82, 2.24) is 0 Å². The first-order valence-corrected chi connectivity index (χ1v) is 7.87. The van der Waals surface area contributed by atoms with Crippen LogP contribution in [-0.4, -0.2) is 47.1 Å². The molecule has 23 heavy (non-hydrogen) atoms. The summed E-state index contributed by atoms with van der Waals surface area (Å²) in [5.74, 6) is -1.09. The van der Waals surface area contributed by atoms with Crippen LogP contribution in [-0.2, 0) is 19.1 Å². The van der Waals surface area contributed by atoms with Crippen molar-refractivity contribution in [3.63, 3.8) is 0 Å². The van der Waals surface area contributed by atoms with Gasteiger partial charge in [-0.3, -0.25) is 9.59 Å². The molecule has 6 heteroatoms. The molecule has 0 aromatic carbocycles. The minimum Gasteiger partial charge on any atom is -0.458 e. The lowest BCUT2D eigenvalue weighted by Gasteiger charge is -2.26. The standard InChI is InChI=1S/C17H24O6/c1-9-4-5-13-10(2)17(21)23-16(13)6-12(8-18)15(7-14(9)20)22-11(3)19/h4,6,10,13-16,18,20H,5,7-8H2,1-3H3/t10-,13+,14+,15+,16+/m1/s1. The Morgan fingerprint density at radius 3 is 2.78 bits per heavy atom. The highest BCUT2D eigenvalue weighted by atomic mass is 16.6. The average molecular weight is 324 g/mol. The minimum atomic E-state index is -0.779. The lowest BCUT2D eigenvalue weighted by atomic mass is 9.85. The van der Waals surface area contributed by atoms with E-state index in [0.717, 1.165) is 5.57 Å². The van der Waals surface area contributed by atoms with Gasteiger partial charge in [-0.2, -0.15) is 0 Å². The van der Waals surface area contributed by atoms with Crippen molar-refractivity contribution in [2.75, 3.05) is 6.61 Å². The van der Waals surface area contributed by atoms with Gasteiger partial charge in [0.05, 0.1) is 18.6 Å². The first kappa shape index (κ1) is 17.7. The molecule has 128 valence electrons. The lowest BCUT2D eigenvalue weighted by Crippen LogP contribution is -2.29. The average Bonchev–Trinajstić information content (AvgIpc) is 2.75. The second kappa shape index (κ2) is 7.27. The van der Waals surface area contributed by atoms with Crippen LogP contribution in [0.25, 0.3) is 0 Å². The smallest absolute Gasteiger partial charge is 0.309 e. The Kier molecular flexibility index (Phi) is 5.59. The Balaban J connectivity index is 2.40. The van der Waals surface area contributed by atoms with Crippen molar-refractivity contribution in [2.24, 2.45) is 11.8 Å². The molecule has 0 spiro atoms. The first-order chi connectivity index (χ1) is 10.8. The summed E-state index contributed by atoms with van der Waals surface area (Å²) in [4.78, 5) is 23.2. The largest absolute Gasteiger partial charge is 0.458 e. The van der Waals surface area contributed by atoms with Crippen LogP contribution < -0.4 is 0 Å². The first-order valence-electron chi connectivity index (χ1n) is 7.87. The number of aliphatic hydroxyl groups excluding tert-OH is 2. The van der Waals surface area contributed by atoms with Gasteiger partial charge in [0.25, 0.3) is 0 Å². The van der Waals surface area contributed by atoms with Crippen molar-refractivity contribution < 1.29 is 29.3 Å². The Morgan fingerprint density at radius 2 is 2.17 bits per heavy atom. The van der Waals surface area contributed by atoms with Crippen LogP contribution in [0.15, 0.2) is 23.3 Å². The van der Waals surface area contributed by atoms with E-state index in [2.05, 4.69) is 0 Å². The summed E-state index contributed by atoms with van der Waals surface area (Å²) in [6.07, 6.45) is 2.35. The maximum Gasteiger partial charge on any atom is 0.309 e. The van der Waals surface area contributed by atoms with Gasteiger partial charge in [0.15, 0.2) is 0 Å². The highest BCUT2D eigenvalue weighted by Crippen LogP contribution is 2.34. The third kappa shape index (κ3) is 4.00. The summed E-state index contributed by atoms with van der Waals surface area (Å²) in [6.45, 7) is 4.57. The molecule has 0 bridgehead atoms. The zero-order valence-corrected chi connectivity index (χ0v) is 13.7. The molecule has 1 heterocycles. The van der Waals surface area contributed by atoms with E-state index < -0.39 is 24.3 Å². The van der Waals surface area contributed by atoms with Crippen LogP contribution in [0, 0.1) is 11.8 Å². The summed E-state index contributed by atoms with van der Waals surface area (Å²) in [5.41, 5.74) is 1.21. The molecule has 5 atom stereocenters. The molecule has 0 saturated carbocycles. The molecular weight excluding hydrogens is 300 g/mol. The van der Waals surface area contributed by atoms with Gasteiger partial charge in [-0.05, 0) is 30.6 Å². The summed E-state index contributed by atoms with van der Waals surface area (Å²) >= 11 is 0. The number of carbonyl (C=O) groups excluding carboxylic acids is 2. The normalized spacial score (nSPS) is 34.8. The van der Waals surface area contributed by atoms with Crippen molar-refractivity contribution >= 4 is 11.9 Å². The van der Waals surface area contributed by atoms with Gasteiger partial charge in [-0.25, -0.2) is 0 Å². The van der Waals surface area contributed by atoms with E-state index in [-0.39, 0.29) is 30.8 Å². The predicted octanol–water partition coefficient (Wildman–Crippen LogP) is 1.12. The fourth-order valence-corrected chi connectivity index (χ4v) is 3.08. The number of hydrogen-bond acceptors (Lipinski definition) is 6. The Bertz CT molecular complexity index is 535. The summed E-state index contributed by atoms with van der Waals surface area (Å²) < 4.78 is 10.7. The number of esters is 2. The quantitative estimate of drug-likeness (QED) is 0.584. The third-order valence-electron chi connectivity index (χ3n) is 4.65. The van der Waals surface area contributed by atoms with Crippen molar-refractivity contribution in [3.8, 4) is 0 Å². The third-order valence-corrected chi connectivity index (χ3v) is 4.65. The number of allylic oxidation sites excluding steroid dienone is 1. The molecular formula is C17H24O6. The van der Waals surface area contributed by atoms with E-state index in [9.17, 15) is 19.8 Å². The summed E-state index contributed by atoms with van der Waals surface area (Å²) in [7, 11) is 0. The maximum atomic E-state index is 11.9. The zero-order chi connectivity index (χ0) is 17.1. The SMILES string of the molecule is CC(=O)O[C@H]1C[C@H](O)C(C)=CC[C@@H]2[C@H](C=C1CO)OC(=O)[C@@H]2C. The second-order valence-electron chi connectivity index (χ2n) is 6.29. The zero-order valence-electron chi connectivity index (χ0n) is 13.7. The molecule has 1 fully saturated rings. The Labute approximate surface area is 135 Å². The number of ether oxygens (including phenoxy) is 2. The highest BCUT2D eigenvalue weighted by Gasteiger charge is 2.41. The molecule has 1 saturated heterocycles. The molecule has 0 unspecified atom stereocenters. The Hall–Kier alpha value is -1.66. The molecule has 0 aromatic rings. The van der Waals surface area contributed by atoms with Gasteiger partial charge in [-0.1, -0.05) is 13.0 Å². The van der Waals surface area contributed by atoms with Crippen LogP contribution >= 0.6 is 0 Å². The van der Waals surface area contributed by atoms with Gasteiger partial charge >= 0.3 is 11.9 Å². The van der Waals surface area contributed by atoms with Crippen molar-refractivity contribution in [1.29, 1.82) is 0 Å². The highest BCUT2D eigenvalue weighted by molar-refractivity contribution is 5.75. The molecule has 2 N–H and O–H groups in total. The van der Waals surface area contributed by atoms with Crippen molar-refractivity contribution in [2.45, 2.75) is 51.9 Å². The monoisotopic (exact) mass is 324 g/mol. The fraction of sp³-hybridized carbons (Fsp3) is 0.647.